The summed E-state index contributed by atoms with van der Waals surface area (Å²) in [6, 6.07) is 0.630. The van der Waals surface area contributed by atoms with E-state index in [9.17, 15) is 18.0 Å². The molecule has 2 saturated heterocycles. The van der Waals surface area contributed by atoms with Crippen LogP contribution < -0.4 is 0 Å². The first-order valence-corrected chi connectivity index (χ1v) is 8.10. The van der Waals surface area contributed by atoms with Crippen LogP contribution in [0.5, 0.6) is 0 Å². The number of alkyl halides is 3. The summed E-state index contributed by atoms with van der Waals surface area (Å²) in [4.78, 5) is 16.6. The van der Waals surface area contributed by atoms with Crippen molar-refractivity contribution in [3.8, 4) is 0 Å². The summed E-state index contributed by atoms with van der Waals surface area (Å²) in [6.45, 7) is 3.47. The quantitative estimate of drug-likeness (QED) is 0.704. The number of likely N-dealkylation sites (N-methyl/N-ethyl adjacent to an activating group) is 1. The first-order valence-electron chi connectivity index (χ1n) is 8.10. The highest BCUT2D eigenvalue weighted by atomic mass is 19.4. The van der Waals surface area contributed by atoms with Gasteiger partial charge >= 0.3 is 6.18 Å². The highest BCUT2D eigenvalue weighted by Crippen LogP contribution is 2.30. The van der Waals surface area contributed by atoms with E-state index in [0.717, 1.165) is 45.3 Å². The van der Waals surface area contributed by atoms with E-state index >= 15 is 0 Å². The van der Waals surface area contributed by atoms with E-state index in [1.54, 1.807) is 0 Å². The van der Waals surface area contributed by atoms with Crippen molar-refractivity contribution < 1.29 is 22.7 Å². The highest BCUT2D eigenvalue weighted by molar-refractivity contribution is 5.77. The lowest BCUT2D eigenvalue weighted by atomic mass is 10.0. The molecule has 0 spiro atoms. The first-order chi connectivity index (χ1) is 10.4. The van der Waals surface area contributed by atoms with Crippen molar-refractivity contribution in [2.24, 2.45) is 0 Å². The molecular weight excluding hydrogens is 297 g/mol. The van der Waals surface area contributed by atoms with Gasteiger partial charge in [-0.3, -0.25) is 9.69 Å². The molecule has 0 aliphatic carbocycles. The summed E-state index contributed by atoms with van der Waals surface area (Å²) in [5.41, 5.74) is 0. The Kier molecular flexibility index (Phi) is 6.09. The molecule has 0 N–H and O–H groups in total. The zero-order chi connectivity index (χ0) is 16.2. The number of likely N-dealkylation sites (tertiary alicyclic amines) is 2. The Bertz CT molecular complexity index is 376. The molecule has 2 atom stereocenters. The van der Waals surface area contributed by atoms with Crippen molar-refractivity contribution in [3.05, 3.63) is 0 Å². The van der Waals surface area contributed by atoms with E-state index in [1.807, 2.05) is 4.90 Å². The van der Waals surface area contributed by atoms with Gasteiger partial charge in [0.2, 0.25) is 5.91 Å². The summed E-state index contributed by atoms with van der Waals surface area (Å²) in [7, 11) is 0. The van der Waals surface area contributed by atoms with Crippen LogP contribution in [-0.4, -0.2) is 66.8 Å². The summed E-state index contributed by atoms with van der Waals surface area (Å²) in [5.74, 6) is -0.0763. The Morgan fingerprint density at radius 1 is 1.18 bits per heavy atom. The fraction of sp³-hybridized carbons (Fsp3) is 0.933. The molecule has 1 amide bonds. The fourth-order valence-corrected chi connectivity index (χ4v) is 3.67. The van der Waals surface area contributed by atoms with Crippen LogP contribution >= 0.6 is 0 Å². The van der Waals surface area contributed by atoms with Gasteiger partial charge in [-0.25, -0.2) is 0 Å². The zero-order valence-electron chi connectivity index (χ0n) is 13.1. The van der Waals surface area contributed by atoms with Gasteiger partial charge in [0.15, 0.2) is 0 Å². The van der Waals surface area contributed by atoms with E-state index in [4.69, 9.17) is 0 Å². The topological polar surface area (TPSA) is 32.8 Å². The van der Waals surface area contributed by atoms with Gasteiger partial charge in [-0.2, -0.15) is 13.2 Å². The molecule has 0 aromatic carbocycles. The van der Waals surface area contributed by atoms with Crippen LogP contribution in [0.1, 0.15) is 39.0 Å². The zero-order valence-corrected chi connectivity index (χ0v) is 13.1. The molecule has 2 rings (SSSR count). The van der Waals surface area contributed by atoms with Crippen molar-refractivity contribution in [2.75, 3.05) is 32.8 Å². The van der Waals surface area contributed by atoms with Crippen LogP contribution in [0.4, 0.5) is 13.2 Å². The van der Waals surface area contributed by atoms with Crippen LogP contribution in [-0.2, 0) is 9.53 Å². The second kappa shape index (κ2) is 7.64. The van der Waals surface area contributed by atoms with Gasteiger partial charge < -0.3 is 9.64 Å². The van der Waals surface area contributed by atoms with Gasteiger partial charge in [0, 0.05) is 18.6 Å². The normalized spacial score (nSPS) is 26.8. The lowest BCUT2D eigenvalue weighted by Crippen LogP contribution is -2.48. The average molecular weight is 322 g/mol. The van der Waals surface area contributed by atoms with Crippen molar-refractivity contribution in [2.45, 2.75) is 57.3 Å². The van der Waals surface area contributed by atoms with Gasteiger partial charge in [-0.1, -0.05) is 6.92 Å². The molecule has 4 nitrogen and oxygen atoms in total. The lowest BCUT2D eigenvalue weighted by molar-refractivity contribution is -0.175. The number of carbonyl (C=O) groups is 1. The Balaban J connectivity index is 1.81. The number of halogens is 3. The molecule has 2 heterocycles. The molecule has 0 saturated carbocycles. The van der Waals surface area contributed by atoms with Crippen LogP contribution in [0.2, 0.25) is 0 Å². The number of ether oxygens (including phenoxy) is 1. The Labute approximate surface area is 129 Å². The molecule has 0 radical (unpaired) electrons. The third-order valence-corrected chi connectivity index (χ3v) is 4.61. The Hall–Kier alpha value is -0.820. The third-order valence-electron chi connectivity index (χ3n) is 4.61. The smallest absolute Gasteiger partial charge is 0.372 e. The maximum atomic E-state index is 12.3. The number of rotatable bonds is 6. The number of hydrogen-bond acceptors (Lipinski definition) is 3. The van der Waals surface area contributed by atoms with E-state index < -0.39 is 12.8 Å². The molecule has 2 aliphatic heterocycles. The maximum absolute atomic E-state index is 12.3. The maximum Gasteiger partial charge on any atom is 0.411 e. The van der Waals surface area contributed by atoms with Gasteiger partial charge in [-0.05, 0) is 38.8 Å². The number of nitrogens with zero attached hydrogens (tertiary/aromatic N) is 2. The Morgan fingerprint density at radius 3 is 2.55 bits per heavy atom. The second-order valence-corrected chi connectivity index (χ2v) is 6.05. The summed E-state index contributed by atoms with van der Waals surface area (Å²) < 4.78 is 40.6. The van der Waals surface area contributed by atoms with E-state index in [-0.39, 0.29) is 25.0 Å². The van der Waals surface area contributed by atoms with Gasteiger partial charge in [-0.15, -0.1) is 0 Å². The van der Waals surface area contributed by atoms with E-state index in [2.05, 4.69) is 16.6 Å². The minimum atomic E-state index is -4.33. The second-order valence-electron chi connectivity index (χ2n) is 6.05. The SMILES string of the molecule is CCN1CCCC1C1CCCN1C(=O)CCOCC(F)(F)F. The van der Waals surface area contributed by atoms with Crippen LogP contribution in [0.3, 0.4) is 0 Å². The number of hydrogen-bond donors (Lipinski definition) is 0. The standard InChI is InChI=1S/C15H25F3N2O2/c1-2-19-8-3-5-12(19)13-6-4-9-20(13)14(21)7-10-22-11-15(16,17)18/h12-13H,2-11H2,1H3. The van der Waals surface area contributed by atoms with Gasteiger partial charge in [0.05, 0.1) is 13.0 Å². The monoisotopic (exact) mass is 322 g/mol. The van der Waals surface area contributed by atoms with Crippen molar-refractivity contribution in [3.63, 3.8) is 0 Å². The van der Waals surface area contributed by atoms with Crippen LogP contribution in [0.25, 0.3) is 0 Å². The van der Waals surface area contributed by atoms with E-state index in [0.29, 0.717) is 6.04 Å². The molecule has 7 heteroatoms. The minimum absolute atomic E-state index is 0.0332. The summed E-state index contributed by atoms with van der Waals surface area (Å²) in [6.07, 6.45) is -0.0566. The molecule has 2 unspecified atom stereocenters. The van der Waals surface area contributed by atoms with Crippen molar-refractivity contribution in [1.29, 1.82) is 0 Å². The Morgan fingerprint density at radius 2 is 1.86 bits per heavy atom. The molecule has 22 heavy (non-hydrogen) atoms. The largest absolute Gasteiger partial charge is 0.411 e. The van der Waals surface area contributed by atoms with Crippen molar-refractivity contribution >= 4 is 5.91 Å². The molecule has 0 aromatic heterocycles. The predicted octanol–water partition coefficient (Wildman–Crippen LogP) is 2.43. The molecule has 2 aliphatic rings. The van der Waals surface area contributed by atoms with Gasteiger partial charge in [0.1, 0.15) is 6.61 Å². The molecular formula is C15H25F3N2O2. The van der Waals surface area contributed by atoms with E-state index in [1.165, 1.54) is 0 Å². The summed E-state index contributed by atoms with van der Waals surface area (Å²) >= 11 is 0. The molecule has 128 valence electrons. The number of carbonyl (C=O) groups excluding carboxylic acids is 1. The third kappa shape index (κ3) is 4.59. The van der Waals surface area contributed by atoms with Gasteiger partial charge in [0.25, 0.3) is 0 Å². The lowest BCUT2D eigenvalue weighted by Gasteiger charge is -2.34. The molecule has 0 bridgehead atoms. The number of amides is 1. The molecule has 0 aromatic rings. The highest BCUT2D eigenvalue weighted by Gasteiger charge is 2.38. The summed E-state index contributed by atoms with van der Waals surface area (Å²) in [5, 5.41) is 0. The molecule has 2 fully saturated rings. The minimum Gasteiger partial charge on any atom is -0.372 e. The van der Waals surface area contributed by atoms with Crippen LogP contribution in [0.15, 0.2) is 0 Å². The van der Waals surface area contributed by atoms with Crippen LogP contribution in [0, 0.1) is 0 Å². The fourth-order valence-electron chi connectivity index (χ4n) is 3.67. The predicted molar refractivity (Wildman–Crippen MR) is 76.5 cm³/mol. The van der Waals surface area contributed by atoms with Crippen molar-refractivity contribution in [1.82, 2.24) is 9.80 Å². The average Bonchev–Trinajstić information content (AvgIpc) is 3.09. The first kappa shape index (κ1) is 17.5.